The van der Waals surface area contributed by atoms with Crippen LogP contribution in [0.4, 0.5) is 0 Å². The van der Waals surface area contributed by atoms with Crippen LogP contribution in [0.15, 0.2) is 4.99 Å². The zero-order chi connectivity index (χ0) is 17.3. The van der Waals surface area contributed by atoms with Crippen molar-refractivity contribution >= 4 is 35.8 Å². The van der Waals surface area contributed by atoms with Gasteiger partial charge in [-0.2, -0.15) is 0 Å². The lowest BCUT2D eigenvalue weighted by molar-refractivity contribution is -0.127. The van der Waals surface area contributed by atoms with Gasteiger partial charge >= 0.3 is 0 Å². The molecule has 1 rings (SSSR count). The van der Waals surface area contributed by atoms with Gasteiger partial charge in [0.05, 0.1) is 13.2 Å². The molecule has 2 N–H and O–H groups in total. The molecule has 0 bridgehead atoms. The number of likely N-dealkylation sites (N-methyl/N-ethyl adjacent to an activating group) is 1. The Morgan fingerprint density at radius 3 is 2.42 bits per heavy atom. The van der Waals surface area contributed by atoms with Gasteiger partial charge in [0.25, 0.3) is 0 Å². The maximum Gasteiger partial charge on any atom is 0.243 e. The Bertz CT molecular complexity index is 390. The molecule has 1 fully saturated rings. The van der Waals surface area contributed by atoms with Crippen molar-refractivity contribution in [1.82, 2.24) is 20.4 Å². The Hall–Kier alpha value is -0.610. The lowest BCUT2D eigenvalue weighted by Gasteiger charge is -2.27. The molecule has 1 heterocycles. The van der Waals surface area contributed by atoms with Crippen LogP contribution in [0.2, 0.25) is 0 Å². The topological polar surface area (TPSA) is 69.2 Å². The summed E-state index contributed by atoms with van der Waals surface area (Å²) in [5, 5.41) is 6.64. The highest BCUT2D eigenvalue weighted by Crippen LogP contribution is 1.99. The summed E-state index contributed by atoms with van der Waals surface area (Å²) in [5.41, 5.74) is -0.1000. The highest BCUT2D eigenvalue weighted by molar-refractivity contribution is 14.0. The number of hydrogen-bond donors (Lipinski definition) is 2. The molecule has 0 unspecified atom stereocenters. The molecule has 0 atom stereocenters. The third kappa shape index (κ3) is 11.0. The number of nitrogens with zero attached hydrogens (tertiary/aromatic N) is 3. The molecule has 0 aromatic rings. The van der Waals surface area contributed by atoms with Gasteiger partial charge in [0.1, 0.15) is 6.54 Å². The van der Waals surface area contributed by atoms with E-state index in [4.69, 9.17) is 4.74 Å². The number of amides is 1. The van der Waals surface area contributed by atoms with E-state index in [0.717, 1.165) is 45.8 Å². The van der Waals surface area contributed by atoms with Crippen LogP contribution in [0.25, 0.3) is 0 Å². The van der Waals surface area contributed by atoms with Gasteiger partial charge in [0.15, 0.2) is 5.96 Å². The molecular formula is C16H34IN5O2. The number of carbonyl (C=O) groups is 1. The first-order valence-corrected chi connectivity index (χ1v) is 8.35. The molecule has 1 amide bonds. The first-order valence-electron chi connectivity index (χ1n) is 8.35. The molecule has 1 saturated heterocycles. The van der Waals surface area contributed by atoms with Crippen LogP contribution in [-0.4, -0.2) is 87.2 Å². The Morgan fingerprint density at radius 2 is 1.88 bits per heavy atom. The number of morpholine rings is 1. The van der Waals surface area contributed by atoms with Gasteiger partial charge in [0, 0.05) is 39.3 Å². The van der Waals surface area contributed by atoms with Crippen molar-refractivity contribution in [2.24, 2.45) is 4.99 Å². The summed E-state index contributed by atoms with van der Waals surface area (Å²) < 4.78 is 5.35. The second-order valence-corrected chi connectivity index (χ2v) is 7.06. The summed E-state index contributed by atoms with van der Waals surface area (Å²) in [5.74, 6) is 0.683. The SMILES string of the molecule is CN(C)C(=O)CN=C(NCCCN1CCOCC1)NC(C)(C)C.I. The fraction of sp³-hybridized carbons (Fsp3) is 0.875. The number of halogens is 1. The van der Waals surface area contributed by atoms with Gasteiger partial charge in [-0.15, -0.1) is 24.0 Å². The Kier molecular flexibility index (Phi) is 11.6. The summed E-state index contributed by atoms with van der Waals surface area (Å²) in [6.45, 7) is 11.9. The van der Waals surface area contributed by atoms with E-state index in [2.05, 4.69) is 41.3 Å². The Balaban J connectivity index is 0.00000529. The molecule has 0 aromatic carbocycles. The molecule has 0 aliphatic carbocycles. The summed E-state index contributed by atoms with van der Waals surface area (Å²) in [7, 11) is 3.48. The molecule has 0 aromatic heterocycles. The van der Waals surface area contributed by atoms with E-state index in [0.29, 0.717) is 5.96 Å². The highest BCUT2D eigenvalue weighted by atomic mass is 127. The predicted octanol–water partition coefficient (Wildman–Crippen LogP) is 0.749. The molecular weight excluding hydrogens is 421 g/mol. The molecule has 0 spiro atoms. The minimum atomic E-state index is -0.1000. The van der Waals surface area contributed by atoms with Gasteiger partial charge in [-0.25, -0.2) is 4.99 Å². The average Bonchev–Trinajstić information content (AvgIpc) is 2.48. The highest BCUT2D eigenvalue weighted by Gasteiger charge is 2.13. The monoisotopic (exact) mass is 455 g/mol. The first kappa shape index (κ1) is 23.4. The quantitative estimate of drug-likeness (QED) is 0.268. The van der Waals surface area contributed by atoms with Crippen LogP contribution in [0, 0.1) is 0 Å². The molecule has 0 radical (unpaired) electrons. The molecule has 8 heteroatoms. The lowest BCUT2D eigenvalue weighted by Crippen LogP contribution is -2.48. The molecule has 142 valence electrons. The Labute approximate surface area is 163 Å². The third-order valence-corrected chi connectivity index (χ3v) is 3.41. The van der Waals surface area contributed by atoms with Crippen LogP contribution in [0.5, 0.6) is 0 Å². The normalized spacial score (nSPS) is 16.3. The van der Waals surface area contributed by atoms with E-state index in [1.165, 1.54) is 0 Å². The van der Waals surface area contributed by atoms with E-state index < -0.39 is 0 Å². The number of hydrogen-bond acceptors (Lipinski definition) is 4. The van der Waals surface area contributed by atoms with Crippen molar-refractivity contribution in [2.75, 3.05) is 60.0 Å². The molecule has 0 saturated carbocycles. The van der Waals surface area contributed by atoms with Gasteiger partial charge in [-0.05, 0) is 33.7 Å². The number of rotatable bonds is 6. The molecule has 7 nitrogen and oxygen atoms in total. The standard InChI is InChI=1S/C16H33N5O2.HI/c1-16(2,3)19-15(18-13-14(22)20(4)5)17-7-6-8-21-9-11-23-12-10-21;/h6-13H2,1-5H3,(H2,17,18,19);1H. The van der Waals surface area contributed by atoms with E-state index in [1.807, 2.05) is 0 Å². The first-order chi connectivity index (χ1) is 10.8. The van der Waals surface area contributed by atoms with Crippen molar-refractivity contribution in [1.29, 1.82) is 0 Å². The van der Waals surface area contributed by atoms with Crippen molar-refractivity contribution in [3.63, 3.8) is 0 Å². The lowest BCUT2D eigenvalue weighted by atomic mass is 10.1. The van der Waals surface area contributed by atoms with Crippen molar-refractivity contribution in [3.8, 4) is 0 Å². The summed E-state index contributed by atoms with van der Waals surface area (Å²) >= 11 is 0. The minimum Gasteiger partial charge on any atom is -0.379 e. The predicted molar refractivity (Wildman–Crippen MR) is 109 cm³/mol. The van der Waals surface area contributed by atoms with Crippen LogP contribution in [0.3, 0.4) is 0 Å². The number of carbonyl (C=O) groups excluding carboxylic acids is 1. The molecule has 1 aliphatic heterocycles. The maximum absolute atomic E-state index is 11.7. The summed E-state index contributed by atoms with van der Waals surface area (Å²) in [4.78, 5) is 20.0. The molecule has 24 heavy (non-hydrogen) atoms. The van der Waals surface area contributed by atoms with Crippen LogP contribution in [-0.2, 0) is 9.53 Å². The second kappa shape index (κ2) is 11.9. The zero-order valence-corrected chi connectivity index (χ0v) is 18.1. The van der Waals surface area contributed by atoms with Crippen molar-refractivity contribution < 1.29 is 9.53 Å². The van der Waals surface area contributed by atoms with E-state index in [1.54, 1.807) is 19.0 Å². The van der Waals surface area contributed by atoms with Crippen LogP contribution < -0.4 is 10.6 Å². The van der Waals surface area contributed by atoms with E-state index in [9.17, 15) is 4.79 Å². The smallest absolute Gasteiger partial charge is 0.243 e. The second-order valence-electron chi connectivity index (χ2n) is 7.06. The maximum atomic E-state index is 11.7. The summed E-state index contributed by atoms with van der Waals surface area (Å²) in [6.07, 6.45) is 1.03. The largest absolute Gasteiger partial charge is 0.379 e. The van der Waals surface area contributed by atoms with Crippen molar-refractivity contribution in [2.45, 2.75) is 32.7 Å². The van der Waals surface area contributed by atoms with E-state index >= 15 is 0 Å². The zero-order valence-electron chi connectivity index (χ0n) is 15.7. The number of ether oxygens (including phenoxy) is 1. The van der Waals surface area contributed by atoms with Gasteiger partial charge < -0.3 is 20.3 Å². The third-order valence-electron chi connectivity index (χ3n) is 3.41. The fourth-order valence-electron chi connectivity index (χ4n) is 2.12. The van der Waals surface area contributed by atoms with Crippen molar-refractivity contribution in [3.05, 3.63) is 0 Å². The minimum absolute atomic E-state index is 0. The van der Waals surface area contributed by atoms with Gasteiger partial charge in [-0.3, -0.25) is 9.69 Å². The number of guanidine groups is 1. The molecule has 1 aliphatic rings. The Morgan fingerprint density at radius 1 is 1.25 bits per heavy atom. The van der Waals surface area contributed by atoms with E-state index in [-0.39, 0.29) is 42.0 Å². The van der Waals surface area contributed by atoms with Crippen LogP contribution >= 0.6 is 24.0 Å². The van der Waals surface area contributed by atoms with Crippen LogP contribution in [0.1, 0.15) is 27.2 Å². The number of aliphatic imine (C=N–C) groups is 1. The average molecular weight is 455 g/mol. The van der Waals surface area contributed by atoms with Gasteiger partial charge in [-0.1, -0.05) is 0 Å². The fourth-order valence-corrected chi connectivity index (χ4v) is 2.12. The number of nitrogens with one attached hydrogen (secondary N) is 2. The summed E-state index contributed by atoms with van der Waals surface area (Å²) in [6, 6.07) is 0. The van der Waals surface area contributed by atoms with Gasteiger partial charge in [0.2, 0.25) is 5.91 Å².